The Bertz CT molecular complexity index is 193. The van der Waals surface area contributed by atoms with E-state index in [0.717, 1.165) is 31.6 Å². The van der Waals surface area contributed by atoms with Crippen LogP contribution < -0.4 is 0 Å². The van der Waals surface area contributed by atoms with Gasteiger partial charge in [-0.15, -0.1) is 0 Å². The van der Waals surface area contributed by atoms with E-state index in [1.165, 1.54) is 12.8 Å². The van der Waals surface area contributed by atoms with Gasteiger partial charge in [-0.25, -0.2) is 0 Å². The first-order chi connectivity index (χ1) is 7.13. The van der Waals surface area contributed by atoms with Crippen molar-refractivity contribution in [2.45, 2.75) is 65.4 Å². The van der Waals surface area contributed by atoms with Gasteiger partial charge in [0.2, 0.25) is 0 Å². The summed E-state index contributed by atoms with van der Waals surface area (Å²) in [5.74, 6) is 0.902. The van der Waals surface area contributed by atoms with Crippen LogP contribution in [0.1, 0.15) is 59.3 Å². The fourth-order valence-electron chi connectivity index (χ4n) is 2.18. The van der Waals surface area contributed by atoms with Crippen molar-refractivity contribution in [2.75, 3.05) is 0 Å². The average Bonchev–Trinajstić information content (AvgIpc) is 2.22. The number of carbonyl (C=O) groups excluding carboxylic acids is 1. The zero-order chi connectivity index (χ0) is 11.3. The molecule has 1 saturated carbocycles. The molecule has 0 radical (unpaired) electrons. The minimum absolute atomic E-state index is 0.0106. The first kappa shape index (κ1) is 12.5. The highest BCUT2D eigenvalue weighted by Gasteiger charge is 2.23. The van der Waals surface area contributed by atoms with Crippen LogP contribution in [0.3, 0.4) is 0 Å². The van der Waals surface area contributed by atoms with Gasteiger partial charge in [0.25, 0.3) is 0 Å². The van der Waals surface area contributed by atoms with Crippen molar-refractivity contribution in [1.29, 1.82) is 0 Å². The second-order valence-corrected chi connectivity index (χ2v) is 5.01. The van der Waals surface area contributed by atoms with Crippen molar-refractivity contribution in [3.8, 4) is 0 Å². The van der Waals surface area contributed by atoms with E-state index >= 15 is 0 Å². The van der Waals surface area contributed by atoms with Crippen molar-refractivity contribution >= 4 is 5.97 Å². The standard InChI is InChI=1S/C13H24O2/c1-4-5-11(3)13(14)15-12-8-6-10(2)7-9-12/h10-12H,4-9H2,1-3H3/t10?,11-,12?/m1/s1. The van der Waals surface area contributed by atoms with E-state index in [9.17, 15) is 4.79 Å². The van der Waals surface area contributed by atoms with Crippen molar-refractivity contribution in [3.05, 3.63) is 0 Å². The predicted molar refractivity (Wildman–Crippen MR) is 61.6 cm³/mol. The van der Waals surface area contributed by atoms with Crippen LogP contribution in [-0.4, -0.2) is 12.1 Å². The molecule has 1 atom stereocenters. The van der Waals surface area contributed by atoms with E-state index in [1.54, 1.807) is 0 Å². The third-order valence-electron chi connectivity index (χ3n) is 3.37. The van der Waals surface area contributed by atoms with Gasteiger partial charge in [-0.3, -0.25) is 4.79 Å². The Morgan fingerprint density at radius 3 is 2.47 bits per heavy atom. The number of carbonyl (C=O) groups is 1. The molecular weight excluding hydrogens is 188 g/mol. The summed E-state index contributed by atoms with van der Waals surface area (Å²) in [5.41, 5.74) is 0. The summed E-state index contributed by atoms with van der Waals surface area (Å²) in [6.45, 7) is 6.35. The Morgan fingerprint density at radius 1 is 1.33 bits per heavy atom. The van der Waals surface area contributed by atoms with Crippen LogP contribution in [0.5, 0.6) is 0 Å². The van der Waals surface area contributed by atoms with Gasteiger partial charge in [0, 0.05) is 0 Å². The zero-order valence-corrected chi connectivity index (χ0v) is 10.3. The van der Waals surface area contributed by atoms with Gasteiger partial charge in [-0.05, 0) is 38.0 Å². The summed E-state index contributed by atoms with van der Waals surface area (Å²) in [6.07, 6.45) is 6.74. The van der Waals surface area contributed by atoms with Crippen LogP contribution >= 0.6 is 0 Å². The quantitative estimate of drug-likeness (QED) is 0.666. The molecule has 0 bridgehead atoms. The van der Waals surface area contributed by atoms with Crippen LogP contribution in [0, 0.1) is 11.8 Å². The molecule has 0 aliphatic heterocycles. The van der Waals surface area contributed by atoms with Crippen molar-refractivity contribution < 1.29 is 9.53 Å². The SMILES string of the molecule is CCC[C@@H](C)C(=O)OC1CCC(C)CC1. The fraction of sp³-hybridized carbons (Fsp3) is 0.923. The number of esters is 1. The molecule has 0 aromatic carbocycles. The molecule has 88 valence electrons. The smallest absolute Gasteiger partial charge is 0.308 e. The molecule has 2 heteroatoms. The summed E-state index contributed by atoms with van der Waals surface area (Å²) >= 11 is 0. The minimum Gasteiger partial charge on any atom is -0.462 e. The van der Waals surface area contributed by atoms with E-state index < -0.39 is 0 Å². The second kappa shape index (κ2) is 6.14. The number of hydrogen-bond acceptors (Lipinski definition) is 2. The molecule has 1 fully saturated rings. The van der Waals surface area contributed by atoms with Gasteiger partial charge in [-0.2, -0.15) is 0 Å². The normalized spacial score (nSPS) is 28.5. The van der Waals surface area contributed by atoms with Gasteiger partial charge in [0.15, 0.2) is 0 Å². The van der Waals surface area contributed by atoms with Crippen molar-refractivity contribution in [2.24, 2.45) is 11.8 Å². The third kappa shape index (κ3) is 4.23. The molecule has 0 saturated heterocycles. The van der Waals surface area contributed by atoms with E-state index in [2.05, 4.69) is 13.8 Å². The van der Waals surface area contributed by atoms with Crippen molar-refractivity contribution in [3.63, 3.8) is 0 Å². The molecule has 0 spiro atoms. The highest BCUT2D eigenvalue weighted by Crippen LogP contribution is 2.26. The lowest BCUT2D eigenvalue weighted by Gasteiger charge is -2.27. The molecule has 15 heavy (non-hydrogen) atoms. The maximum atomic E-state index is 11.7. The van der Waals surface area contributed by atoms with Crippen LogP contribution in [0.15, 0.2) is 0 Å². The van der Waals surface area contributed by atoms with Gasteiger partial charge in [0.1, 0.15) is 6.10 Å². The van der Waals surface area contributed by atoms with E-state index in [0.29, 0.717) is 0 Å². The molecular formula is C13H24O2. The highest BCUT2D eigenvalue weighted by atomic mass is 16.5. The Hall–Kier alpha value is -0.530. The topological polar surface area (TPSA) is 26.3 Å². The Morgan fingerprint density at radius 2 is 1.93 bits per heavy atom. The van der Waals surface area contributed by atoms with Crippen LogP contribution in [0.2, 0.25) is 0 Å². The summed E-state index contributed by atoms with van der Waals surface area (Å²) in [7, 11) is 0. The lowest BCUT2D eigenvalue weighted by Crippen LogP contribution is -2.26. The number of ether oxygens (including phenoxy) is 1. The monoisotopic (exact) mass is 212 g/mol. The lowest BCUT2D eigenvalue weighted by atomic mass is 9.89. The summed E-state index contributed by atoms with van der Waals surface area (Å²) < 4.78 is 5.52. The van der Waals surface area contributed by atoms with E-state index in [1.807, 2.05) is 6.92 Å². The van der Waals surface area contributed by atoms with Crippen LogP contribution in [0.4, 0.5) is 0 Å². The molecule has 0 unspecified atom stereocenters. The molecule has 0 heterocycles. The number of hydrogen-bond donors (Lipinski definition) is 0. The van der Waals surface area contributed by atoms with Gasteiger partial charge in [0.05, 0.1) is 5.92 Å². The Labute approximate surface area is 93.4 Å². The molecule has 0 N–H and O–H groups in total. The summed E-state index contributed by atoms with van der Waals surface area (Å²) in [4.78, 5) is 11.7. The fourth-order valence-corrected chi connectivity index (χ4v) is 2.18. The average molecular weight is 212 g/mol. The number of rotatable bonds is 4. The maximum Gasteiger partial charge on any atom is 0.308 e. The Kier molecular flexibility index (Phi) is 5.13. The van der Waals surface area contributed by atoms with E-state index in [-0.39, 0.29) is 18.0 Å². The predicted octanol–water partition coefficient (Wildman–Crippen LogP) is 3.54. The third-order valence-corrected chi connectivity index (χ3v) is 3.37. The molecule has 1 rings (SSSR count). The first-order valence-electron chi connectivity index (χ1n) is 6.34. The zero-order valence-electron chi connectivity index (χ0n) is 10.3. The largest absolute Gasteiger partial charge is 0.462 e. The first-order valence-corrected chi connectivity index (χ1v) is 6.34. The van der Waals surface area contributed by atoms with Crippen molar-refractivity contribution in [1.82, 2.24) is 0 Å². The van der Waals surface area contributed by atoms with E-state index in [4.69, 9.17) is 4.74 Å². The van der Waals surface area contributed by atoms with Crippen LogP contribution in [-0.2, 0) is 9.53 Å². The Balaban J connectivity index is 2.25. The summed E-state index contributed by atoms with van der Waals surface area (Å²) in [6, 6.07) is 0. The molecule has 0 amide bonds. The van der Waals surface area contributed by atoms with Gasteiger partial charge < -0.3 is 4.74 Å². The minimum atomic E-state index is 0.0106. The summed E-state index contributed by atoms with van der Waals surface area (Å²) in [5, 5.41) is 0. The second-order valence-electron chi connectivity index (χ2n) is 5.01. The molecule has 0 aromatic rings. The van der Waals surface area contributed by atoms with Gasteiger partial charge >= 0.3 is 5.97 Å². The molecule has 0 aromatic heterocycles. The lowest BCUT2D eigenvalue weighted by molar-refractivity contribution is -0.155. The molecule has 2 nitrogen and oxygen atoms in total. The molecule has 1 aliphatic carbocycles. The molecule has 1 aliphatic rings. The van der Waals surface area contributed by atoms with Gasteiger partial charge in [-0.1, -0.05) is 27.2 Å². The maximum absolute atomic E-state index is 11.7. The van der Waals surface area contributed by atoms with Crippen LogP contribution in [0.25, 0.3) is 0 Å². The highest BCUT2D eigenvalue weighted by molar-refractivity contribution is 5.72.